The number of nitrogens with zero attached hydrogens (tertiary/aromatic N) is 2. The summed E-state index contributed by atoms with van der Waals surface area (Å²) >= 11 is 1.72. The highest BCUT2D eigenvalue weighted by Gasteiger charge is 2.09. The van der Waals surface area contributed by atoms with Crippen LogP contribution in [0, 0.1) is 6.92 Å². The summed E-state index contributed by atoms with van der Waals surface area (Å²) in [4.78, 5) is 9.94. The van der Waals surface area contributed by atoms with Crippen molar-refractivity contribution < 1.29 is 0 Å². The number of guanidine groups is 1. The highest BCUT2D eigenvalue weighted by molar-refractivity contribution is 14.0. The molecule has 0 aliphatic carbocycles. The van der Waals surface area contributed by atoms with E-state index in [9.17, 15) is 0 Å². The average Bonchev–Trinajstić information content (AvgIpc) is 2.72. The lowest BCUT2D eigenvalue weighted by Gasteiger charge is -2.12. The Hall–Kier alpha value is -0.370. The number of hydrogen-bond donors (Lipinski definition) is 2. The molecule has 0 saturated carbocycles. The maximum Gasteiger partial charge on any atom is 0.188 e. The van der Waals surface area contributed by atoms with Gasteiger partial charge in [-0.15, -0.1) is 35.3 Å². The van der Waals surface area contributed by atoms with E-state index in [-0.39, 0.29) is 24.0 Å². The van der Waals surface area contributed by atoms with Gasteiger partial charge in [0.25, 0.3) is 0 Å². The number of thiazole rings is 1. The van der Waals surface area contributed by atoms with Crippen molar-refractivity contribution in [2.45, 2.75) is 46.1 Å². The van der Waals surface area contributed by atoms with Gasteiger partial charge in [-0.25, -0.2) is 4.98 Å². The lowest BCUT2D eigenvalue weighted by Crippen LogP contribution is -2.38. The first kappa shape index (κ1) is 17.6. The van der Waals surface area contributed by atoms with Crippen LogP contribution in [0.5, 0.6) is 0 Å². The molecule has 0 radical (unpaired) electrons. The fourth-order valence-corrected chi connectivity index (χ4v) is 2.13. The van der Waals surface area contributed by atoms with E-state index in [0.717, 1.165) is 11.4 Å². The van der Waals surface area contributed by atoms with Crippen LogP contribution in [-0.2, 0) is 0 Å². The van der Waals surface area contributed by atoms with Crippen LogP contribution in [-0.4, -0.2) is 23.5 Å². The zero-order valence-electron chi connectivity index (χ0n) is 11.4. The molecule has 4 nitrogen and oxygen atoms in total. The van der Waals surface area contributed by atoms with Crippen LogP contribution < -0.4 is 11.1 Å². The van der Waals surface area contributed by atoms with Crippen LogP contribution >= 0.6 is 35.3 Å². The van der Waals surface area contributed by atoms with Gasteiger partial charge in [0.05, 0.1) is 11.6 Å². The van der Waals surface area contributed by atoms with Crippen LogP contribution in [0.4, 0.5) is 0 Å². The van der Waals surface area contributed by atoms with Crippen molar-refractivity contribution in [2.24, 2.45) is 10.7 Å². The Kier molecular flexibility index (Phi) is 8.51. The van der Waals surface area contributed by atoms with Crippen molar-refractivity contribution in [3.8, 4) is 0 Å². The summed E-state index contributed by atoms with van der Waals surface area (Å²) in [6, 6.07) is 0.371. The van der Waals surface area contributed by atoms with Gasteiger partial charge < -0.3 is 11.1 Å². The Morgan fingerprint density at radius 3 is 2.72 bits per heavy atom. The monoisotopic (exact) mass is 382 g/mol. The van der Waals surface area contributed by atoms with Crippen molar-refractivity contribution in [2.75, 3.05) is 6.54 Å². The molecule has 2 unspecified atom stereocenters. The second-order valence-corrected chi connectivity index (χ2v) is 5.66. The number of nitrogens with one attached hydrogen (secondary N) is 1. The zero-order chi connectivity index (χ0) is 12.8. The third-order valence-electron chi connectivity index (χ3n) is 2.60. The molecule has 0 amide bonds. The smallest absolute Gasteiger partial charge is 0.188 e. The van der Waals surface area contributed by atoms with Gasteiger partial charge >= 0.3 is 0 Å². The Morgan fingerprint density at radius 1 is 1.56 bits per heavy atom. The molecule has 0 aliphatic heterocycles. The molecule has 0 spiro atoms. The number of aliphatic imine (C=N–C) groups is 1. The maximum atomic E-state index is 5.80. The van der Waals surface area contributed by atoms with Crippen molar-refractivity contribution >= 4 is 41.3 Å². The second-order valence-electron chi connectivity index (χ2n) is 4.39. The number of aryl methyl sites for hydroxylation is 1. The van der Waals surface area contributed by atoms with E-state index in [2.05, 4.69) is 43.0 Å². The molecule has 0 aromatic carbocycles. The summed E-state index contributed by atoms with van der Waals surface area (Å²) in [5.74, 6) is 0.852. The molecule has 1 aromatic heterocycles. The number of halogens is 1. The van der Waals surface area contributed by atoms with E-state index in [1.165, 1.54) is 4.88 Å². The molecule has 0 fully saturated rings. The minimum atomic E-state index is 0. The van der Waals surface area contributed by atoms with E-state index in [1.54, 1.807) is 11.3 Å². The van der Waals surface area contributed by atoms with E-state index in [4.69, 9.17) is 5.73 Å². The second kappa shape index (κ2) is 8.68. The molecule has 104 valence electrons. The van der Waals surface area contributed by atoms with Gasteiger partial charge in [0, 0.05) is 23.0 Å². The van der Waals surface area contributed by atoms with Crippen molar-refractivity contribution in [3.05, 3.63) is 16.1 Å². The minimum absolute atomic E-state index is 0. The van der Waals surface area contributed by atoms with Gasteiger partial charge in [0.1, 0.15) is 0 Å². The van der Waals surface area contributed by atoms with E-state index >= 15 is 0 Å². The van der Waals surface area contributed by atoms with Gasteiger partial charge in [0.15, 0.2) is 5.96 Å². The molecule has 0 aliphatic rings. The van der Waals surface area contributed by atoms with E-state index in [1.807, 2.05) is 6.20 Å². The fourth-order valence-electron chi connectivity index (χ4n) is 1.31. The van der Waals surface area contributed by atoms with Crippen LogP contribution in [0.25, 0.3) is 0 Å². The quantitative estimate of drug-likeness (QED) is 0.468. The van der Waals surface area contributed by atoms with Crippen molar-refractivity contribution in [1.82, 2.24) is 10.3 Å². The molecule has 1 heterocycles. The van der Waals surface area contributed by atoms with Crippen molar-refractivity contribution in [1.29, 1.82) is 0 Å². The summed E-state index contributed by atoms with van der Waals surface area (Å²) < 4.78 is 0. The Labute approximate surface area is 131 Å². The number of hydrogen-bond acceptors (Lipinski definition) is 3. The van der Waals surface area contributed by atoms with Gasteiger partial charge in [0.2, 0.25) is 0 Å². The molecule has 2 atom stereocenters. The molecule has 6 heteroatoms. The maximum absolute atomic E-state index is 5.80. The molecular weight excluding hydrogens is 359 g/mol. The molecule has 0 bridgehead atoms. The topological polar surface area (TPSA) is 63.3 Å². The SMILES string of the molecule is CCC(C)NC(N)=NCC(C)c1ncc(C)s1.I. The molecule has 1 aromatic rings. The zero-order valence-corrected chi connectivity index (χ0v) is 14.6. The number of nitrogens with two attached hydrogens (primary N) is 1. The standard InChI is InChI=1S/C12H22N4S.HI/c1-5-9(3)16-12(13)15-6-8(2)11-14-7-10(4)17-11;/h7-9H,5-6H2,1-4H3,(H3,13,15,16);1H. The predicted octanol–water partition coefficient (Wildman–Crippen LogP) is 2.88. The molecular formula is C12H23IN4S. The summed E-state index contributed by atoms with van der Waals surface area (Å²) in [6.45, 7) is 9.08. The summed E-state index contributed by atoms with van der Waals surface area (Å²) in [5.41, 5.74) is 5.80. The lowest BCUT2D eigenvalue weighted by molar-refractivity contribution is 0.634. The lowest BCUT2D eigenvalue weighted by atomic mass is 10.2. The number of aromatic nitrogens is 1. The van der Waals surface area contributed by atoms with Crippen LogP contribution in [0.15, 0.2) is 11.2 Å². The minimum Gasteiger partial charge on any atom is -0.370 e. The first-order valence-corrected chi connectivity index (χ1v) is 6.83. The van der Waals surface area contributed by atoms with Gasteiger partial charge in [-0.2, -0.15) is 0 Å². The molecule has 0 saturated heterocycles. The Bertz CT molecular complexity index is 378. The summed E-state index contributed by atoms with van der Waals surface area (Å²) in [6.07, 6.45) is 2.94. The Balaban J connectivity index is 0.00000289. The normalized spacial score (nSPS) is 14.8. The van der Waals surface area contributed by atoms with Crippen LogP contribution in [0.1, 0.15) is 43.0 Å². The van der Waals surface area contributed by atoms with Crippen molar-refractivity contribution in [3.63, 3.8) is 0 Å². The Morgan fingerprint density at radius 2 is 2.22 bits per heavy atom. The molecule has 3 N–H and O–H groups in total. The fraction of sp³-hybridized carbons (Fsp3) is 0.667. The average molecular weight is 382 g/mol. The summed E-state index contributed by atoms with van der Waals surface area (Å²) in [5, 5.41) is 4.28. The first-order chi connectivity index (χ1) is 8.02. The molecule has 1 rings (SSSR count). The highest BCUT2D eigenvalue weighted by Crippen LogP contribution is 2.20. The van der Waals surface area contributed by atoms with Crippen LogP contribution in [0.3, 0.4) is 0 Å². The number of rotatable bonds is 5. The summed E-state index contributed by atoms with van der Waals surface area (Å²) in [7, 11) is 0. The van der Waals surface area contributed by atoms with Crippen LogP contribution in [0.2, 0.25) is 0 Å². The van der Waals surface area contributed by atoms with E-state index < -0.39 is 0 Å². The third-order valence-corrected chi connectivity index (χ3v) is 3.75. The van der Waals surface area contributed by atoms with E-state index in [0.29, 0.717) is 24.5 Å². The van der Waals surface area contributed by atoms with Gasteiger partial charge in [-0.05, 0) is 20.3 Å². The largest absolute Gasteiger partial charge is 0.370 e. The van der Waals surface area contributed by atoms with Gasteiger partial charge in [-0.1, -0.05) is 13.8 Å². The highest BCUT2D eigenvalue weighted by atomic mass is 127. The third kappa shape index (κ3) is 5.99. The predicted molar refractivity (Wildman–Crippen MR) is 90.1 cm³/mol. The van der Waals surface area contributed by atoms with Gasteiger partial charge in [-0.3, -0.25) is 4.99 Å². The molecule has 18 heavy (non-hydrogen) atoms. The first-order valence-electron chi connectivity index (χ1n) is 6.01.